The number of halogens is 2. The molecule has 3 rings (SSSR count). The number of carbonyl (C=O) groups is 2. The SMILES string of the molecule is Cc1ccccc1NC(=O)CSc1nnc([C@@H](NC(=O)c2ccc(Cl)c(Cl)c2)C(C)C)n1C. The lowest BCUT2D eigenvalue weighted by Gasteiger charge is -2.22. The third kappa shape index (κ3) is 6.28. The van der Waals surface area contributed by atoms with Crippen LogP contribution >= 0.6 is 35.0 Å². The number of thioether (sulfide) groups is 1. The number of benzene rings is 2. The largest absolute Gasteiger partial charge is 0.342 e. The van der Waals surface area contributed by atoms with Gasteiger partial charge in [0.1, 0.15) is 0 Å². The van der Waals surface area contributed by atoms with Crippen molar-refractivity contribution in [2.45, 2.75) is 32.0 Å². The minimum atomic E-state index is -0.389. The molecule has 33 heavy (non-hydrogen) atoms. The maximum atomic E-state index is 12.8. The Morgan fingerprint density at radius 1 is 1.09 bits per heavy atom. The maximum absolute atomic E-state index is 12.8. The molecule has 0 radical (unpaired) electrons. The van der Waals surface area contributed by atoms with Crippen LogP contribution in [0.1, 0.15) is 41.6 Å². The van der Waals surface area contributed by atoms with Crippen LogP contribution in [0.2, 0.25) is 10.0 Å². The first-order valence-corrected chi connectivity index (χ1v) is 12.0. The van der Waals surface area contributed by atoms with Crippen LogP contribution in [0, 0.1) is 12.8 Å². The Morgan fingerprint density at radius 2 is 1.82 bits per heavy atom. The van der Waals surface area contributed by atoms with Gasteiger partial charge in [0.15, 0.2) is 11.0 Å². The number of nitrogens with one attached hydrogen (secondary N) is 2. The van der Waals surface area contributed by atoms with Crippen molar-refractivity contribution in [1.29, 1.82) is 0 Å². The van der Waals surface area contributed by atoms with E-state index in [1.165, 1.54) is 17.8 Å². The van der Waals surface area contributed by atoms with E-state index >= 15 is 0 Å². The van der Waals surface area contributed by atoms with E-state index in [4.69, 9.17) is 23.2 Å². The smallest absolute Gasteiger partial charge is 0.251 e. The first kappa shape index (κ1) is 25.1. The molecule has 0 fully saturated rings. The van der Waals surface area contributed by atoms with Crippen LogP contribution in [0.15, 0.2) is 47.6 Å². The van der Waals surface area contributed by atoms with Gasteiger partial charge < -0.3 is 15.2 Å². The number of hydrogen-bond donors (Lipinski definition) is 2. The highest BCUT2D eigenvalue weighted by Crippen LogP contribution is 2.26. The number of nitrogens with zero attached hydrogens (tertiary/aromatic N) is 3. The minimum absolute atomic E-state index is 0.0434. The zero-order chi connectivity index (χ0) is 24.1. The number of hydrogen-bond acceptors (Lipinski definition) is 5. The van der Waals surface area contributed by atoms with Crippen LogP contribution < -0.4 is 10.6 Å². The van der Waals surface area contributed by atoms with Crippen LogP contribution in [-0.2, 0) is 11.8 Å². The molecule has 7 nitrogen and oxygen atoms in total. The normalized spacial score (nSPS) is 12.0. The summed E-state index contributed by atoms with van der Waals surface area (Å²) in [6.45, 7) is 5.91. The van der Waals surface area contributed by atoms with Crippen molar-refractivity contribution in [3.8, 4) is 0 Å². The lowest BCUT2D eigenvalue weighted by Crippen LogP contribution is -2.33. The number of anilines is 1. The highest BCUT2D eigenvalue weighted by molar-refractivity contribution is 7.99. The number of amides is 2. The summed E-state index contributed by atoms with van der Waals surface area (Å²) < 4.78 is 1.80. The summed E-state index contributed by atoms with van der Waals surface area (Å²) in [5, 5.41) is 15.7. The van der Waals surface area contributed by atoms with Crippen LogP contribution in [0.5, 0.6) is 0 Å². The van der Waals surface area contributed by atoms with E-state index in [2.05, 4.69) is 20.8 Å². The summed E-state index contributed by atoms with van der Waals surface area (Å²) in [7, 11) is 1.82. The topological polar surface area (TPSA) is 88.9 Å². The van der Waals surface area contributed by atoms with Gasteiger partial charge in [-0.25, -0.2) is 0 Å². The molecule has 1 heterocycles. The van der Waals surface area contributed by atoms with Gasteiger partial charge in [-0.1, -0.05) is 67.0 Å². The third-order valence-electron chi connectivity index (χ3n) is 5.03. The fourth-order valence-corrected chi connectivity index (χ4v) is 4.16. The number of para-hydroxylation sites is 1. The Labute approximate surface area is 207 Å². The summed E-state index contributed by atoms with van der Waals surface area (Å²) in [5.74, 6) is 0.402. The first-order chi connectivity index (χ1) is 15.7. The predicted molar refractivity (Wildman–Crippen MR) is 133 cm³/mol. The second-order valence-corrected chi connectivity index (χ2v) is 9.63. The van der Waals surface area contributed by atoms with Gasteiger partial charge in [0, 0.05) is 18.3 Å². The molecule has 10 heteroatoms. The average molecular weight is 506 g/mol. The number of aromatic nitrogens is 3. The zero-order valence-corrected chi connectivity index (χ0v) is 21.1. The second-order valence-electron chi connectivity index (χ2n) is 7.88. The van der Waals surface area contributed by atoms with Crippen LogP contribution in [0.4, 0.5) is 5.69 Å². The van der Waals surface area contributed by atoms with Crippen LogP contribution in [-0.4, -0.2) is 32.3 Å². The molecule has 0 unspecified atom stereocenters. The number of carbonyl (C=O) groups excluding carboxylic acids is 2. The van der Waals surface area contributed by atoms with E-state index in [-0.39, 0.29) is 29.5 Å². The molecule has 0 saturated carbocycles. The van der Waals surface area contributed by atoms with Crippen LogP contribution in [0.3, 0.4) is 0 Å². The molecule has 2 amide bonds. The Morgan fingerprint density at radius 3 is 2.48 bits per heavy atom. The minimum Gasteiger partial charge on any atom is -0.342 e. The molecular formula is C23H25Cl2N5O2S. The lowest BCUT2D eigenvalue weighted by atomic mass is 10.0. The van der Waals surface area contributed by atoms with Crippen molar-refractivity contribution in [2.75, 3.05) is 11.1 Å². The molecule has 0 bridgehead atoms. The highest BCUT2D eigenvalue weighted by atomic mass is 35.5. The molecule has 0 aliphatic heterocycles. The average Bonchev–Trinajstić information content (AvgIpc) is 3.13. The van der Waals surface area contributed by atoms with Gasteiger partial charge in [0.2, 0.25) is 5.91 Å². The molecule has 1 aromatic heterocycles. The van der Waals surface area contributed by atoms with Crippen molar-refractivity contribution in [3.05, 3.63) is 69.5 Å². The fraction of sp³-hybridized carbons (Fsp3) is 0.304. The first-order valence-electron chi connectivity index (χ1n) is 10.3. The van der Waals surface area contributed by atoms with Gasteiger partial charge in [0.25, 0.3) is 5.91 Å². The predicted octanol–water partition coefficient (Wildman–Crippen LogP) is 5.29. The molecule has 0 spiro atoms. The van der Waals surface area contributed by atoms with E-state index in [0.29, 0.717) is 26.6 Å². The van der Waals surface area contributed by atoms with E-state index < -0.39 is 0 Å². The van der Waals surface area contributed by atoms with E-state index in [0.717, 1.165) is 11.3 Å². The van der Waals surface area contributed by atoms with Gasteiger partial charge in [-0.15, -0.1) is 10.2 Å². The highest BCUT2D eigenvalue weighted by Gasteiger charge is 2.25. The summed E-state index contributed by atoms with van der Waals surface area (Å²) in [4.78, 5) is 25.2. The Balaban J connectivity index is 1.68. The molecule has 174 valence electrons. The van der Waals surface area contributed by atoms with Crippen molar-refractivity contribution < 1.29 is 9.59 Å². The summed E-state index contributed by atoms with van der Waals surface area (Å²) in [6.07, 6.45) is 0. The molecule has 2 aromatic carbocycles. The van der Waals surface area contributed by atoms with Crippen molar-refractivity contribution in [3.63, 3.8) is 0 Å². The number of aryl methyl sites for hydroxylation is 1. The van der Waals surface area contributed by atoms with Gasteiger partial charge in [-0.3, -0.25) is 9.59 Å². The van der Waals surface area contributed by atoms with E-state index in [1.807, 2.05) is 52.1 Å². The summed E-state index contributed by atoms with van der Waals surface area (Å²) in [6, 6.07) is 11.9. The Kier molecular flexibility index (Phi) is 8.40. The molecule has 2 N–H and O–H groups in total. The van der Waals surface area contributed by atoms with E-state index in [9.17, 15) is 9.59 Å². The standard InChI is InChI=1S/C23H25Cl2N5O2S/c1-13(2)20(27-22(32)15-9-10-16(24)17(25)11-15)21-28-29-23(30(21)4)33-12-19(31)26-18-8-6-5-7-14(18)3/h5-11,13,20H,12H2,1-4H3,(H,26,31)(H,27,32)/t20-/m0/s1. The quantitative estimate of drug-likeness (QED) is 0.406. The molecule has 0 saturated heterocycles. The van der Waals surface area contributed by atoms with Gasteiger partial charge >= 0.3 is 0 Å². The molecule has 3 aromatic rings. The number of rotatable bonds is 8. The maximum Gasteiger partial charge on any atom is 0.251 e. The van der Waals surface area contributed by atoms with Gasteiger partial charge in [0.05, 0.1) is 21.8 Å². The monoisotopic (exact) mass is 505 g/mol. The van der Waals surface area contributed by atoms with Crippen LogP contribution in [0.25, 0.3) is 0 Å². The molecule has 0 aliphatic rings. The van der Waals surface area contributed by atoms with Crippen molar-refractivity contribution in [2.24, 2.45) is 13.0 Å². The Hall–Kier alpha value is -2.55. The summed E-state index contributed by atoms with van der Waals surface area (Å²) >= 11 is 13.3. The van der Waals surface area contributed by atoms with E-state index in [1.54, 1.807) is 16.7 Å². The summed E-state index contributed by atoms with van der Waals surface area (Å²) in [5.41, 5.74) is 2.18. The molecule has 1 atom stereocenters. The van der Waals surface area contributed by atoms with Gasteiger partial charge in [-0.2, -0.15) is 0 Å². The van der Waals surface area contributed by atoms with Crippen molar-refractivity contribution in [1.82, 2.24) is 20.1 Å². The Bertz CT molecular complexity index is 1170. The molecule has 0 aliphatic carbocycles. The fourth-order valence-electron chi connectivity index (χ4n) is 3.14. The molecular weight excluding hydrogens is 481 g/mol. The zero-order valence-electron chi connectivity index (χ0n) is 18.7. The second kappa shape index (κ2) is 11.0. The van der Waals surface area contributed by atoms with Gasteiger partial charge in [-0.05, 0) is 42.7 Å². The third-order valence-corrected chi connectivity index (χ3v) is 6.79. The van der Waals surface area contributed by atoms with Crippen molar-refractivity contribution >= 4 is 52.5 Å². The lowest BCUT2D eigenvalue weighted by molar-refractivity contribution is -0.113.